The highest BCUT2D eigenvalue weighted by Gasteiger charge is 2.33. The van der Waals surface area contributed by atoms with Crippen LogP contribution in [0.15, 0.2) is 123 Å². The topological polar surface area (TPSA) is 71.5 Å². The van der Waals surface area contributed by atoms with Crippen LogP contribution in [0, 0.1) is 6.92 Å². The molecular weight excluding hydrogens is 478 g/mol. The summed E-state index contributed by atoms with van der Waals surface area (Å²) in [4.78, 5) is 0.516. The average Bonchev–Trinajstić information content (AvgIpc) is 3.05. The molecule has 1 aliphatic heterocycles. The molecule has 0 fully saturated rings. The van der Waals surface area contributed by atoms with Gasteiger partial charge in [-0.25, -0.2) is 16.8 Å². The highest BCUT2D eigenvalue weighted by atomic mass is 32.2. The van der Waals surface area contributed by atoms with Crippen LogP contribution in [0.3, 0.4) is 0 Å². The highest BCUT2D eigenvalue weighted by Crippen LogP contribution is 2.34. The molecule has 0 saturated heterocycles. The molecule has 7 heteroatoms. The molecule has 3 aromatic rings. The average molecular weight is 506 g/mol. The maximum atomic E-state index is 13.7. The van der Waals surface area contributed by atoms with E-state index >= 15 is 0 Å². The Bertz CT molecular complexity index is 1490. The number of hydrogen-bond donors (Lipinski definition) is 0. The Morgan fingerprint density at radius 2 is 1.40 bits per heavy atom. The molecule has 35 heavy (non-hydrogen) atoms. The van der Waals surface area contributed by atoms with Crippen LogP contribution in [0.4, 0.5) is 0 Å². The number of aryl methyl sites for hydroxylation is 1. The van der Waals surface area contributed by atoms with Crippen LogP contribution in [0.2, 0.25) is 0 Å². The lowest BCUT2D eigenvalue weighted by Crippen LogP contribution is -2.33. The molecule has 5 nitrogen and oxygen atoms in total. The number of sulfone groups is 1. The smallest absolute Gasteiger partial charge is 0.219 e. The number of benzene rings is 3. The third-order valence-electron chi connectivity index (χ3n) is 5.96. The maximum absolute atomic E-state index is 13.7. The van der Waals surface area contributed by atoms with Gasteiger partial charge in [-0.1, -0.05) is 78.9 Å². The summed E-state index contributed by atoms with van der Waals surface area (Å²) >= 11 is 0. The third kappa shape index (κ3) is 5.22. The lowest BCUT2D eigenvalue weighted by atomic mass is 10.0. The first kappa shape index (κ1) is 24.9. The molecule has 0 aromatic heterocycles. The van der Waals surface area contributed by atoms with Gasteiger partial charge in [0, 0.05) is 13.1 Å². The molecule has 0 unspecified atom stereocenters. The van der Waals surface area contributed by atoms with E-state index in [2.05, 4.69) is 6.58 Å². The summed E-state index contributed by atoms with van der Waals surface area (Å²) in [6.07, 6.45) is 3.39. The van der Waals surface area contributed by atoms with Crippen LogP contribution in [0.5, 0.6) is 0 Å². The first-order valence-electron chi connectivity index (χ1n) is 11.2. The van der Waals surface area contributed by atoms with Gasteiger partial charge in [0.2, 0.25) is 19.9 Å². The van der Waals surface area contributed by atoms with Crippen LogP contribution in [-0.2, 0) is 19.9 Å². The van der Waals surface area contributed by atoms with Crippen molar-refractivity contribution >= 4 is 25.9 Å². The summed E-state index contributed by atoms with van der Waals surface area (Å²) in [5.41, 5.74) is 2.82. The fraction of sp³-hybridized carbons (Fsp3) is 0.143. The van der Waals surface area contributed by atoms with Gasteiger partial charge in [-0.3, -0.25) is 0 Å². The minimum atomic E-state index is -3.86. The molecule has 0 aliphatic carbocycles. The summed E-state index contributed by atoms with van der Waals surface area (Å²) in [5.74, 6) is 0. The molecule has 0 bridgehead atoms. The molecule has 0 atom stereocenters. The standard InChI is InChI=1S/C28H27NO4S2/c1-3-27-24(20-23-10-6-4-7-11-23)21-29(35(32,33)26-16-14-22(2)15-17-26)19-18-28(27)34(30,31)25-12-8-5-9-13-25/h3-17,20H,1,18-19,21H2,2H3/b24-20+. The lowest BCUT2D eigenvalue weighted by molar-refractivity contribution is 0.446. The van der Waals surface area contributed by atoms with Gasteiger partial charge in [-0.2, -0.15) is 4.31 Å². The van der Waals surface area contributed by atoms with Crippen LogP contribution < -0.4 is 0 Å². The van der Waals surface area contributed by atoms with Crippen LogP contribution in [-0.4, -0.2) is 34.2 Å². The summed E-state index contributed by atoms with van der Waals surface area (Å²) in [6.45, 7) is 5.85. The molecule has 0 amide bonds. The van der Waals surface area contributed by atoms with Gasteiger partial charge in [-0.05, 0) is 60.4 Å². The van der Waals surface area contributed by atoms with E-state index < -0.39 is 19.9 Å². The first-order valence-corrected chi connectivity index (χ1v) is 14.1. The Morgan fingerprint density at radius 1 is 0.800 bits per heavy atom. The Kier molecular flexibility index (Phi) is 7.21. The first-order chi connectivity index (χ1) is 16.7. The van der Waals surface area contributed by atoms with Crippen LogP contribution in [0.1, 0.15) is 17.5 Å². The molecule has 1 heterocycles. The van der Waals surface area contributed by atoms with E-state index in [1.165, 1.54) is 10.4 Å². The molecular formula is C28H27NO4S2. The summed E-state index contributed by atoms with van der Waals surface area (Å²) < 4.78 is 55.8. The number of hydrogen-bond acceptors (Lipinski definition) is 4. The molecule has 3 aromatic carbocycles. The number of rotatable bonds is 6. The lowest BCUT2D eigenvalue weighted by Gasteiger charge is -2.21. The normalized spacial score (nSPS) is 16.8. The minimum Gasteiger partial charge on any atom is -0.219 e. The third-order valence-corrected chi connectivity index (χ3v) is 9.79. The van der Waals surface area contributed by atoms with Crippen molar-refractivity contribution in [3.05, 3.63) is 125 Å². The van der Waals surface area contributed by atoms with Gasteiger partial charge >= 0.3 is 0 Å². The van der Waals surface area contributed by atoms with Crippen molar-refractivity contribution in [3.63, 3.8) is 0 Å². The van der Waals surface area contributed by atoms with Gasteiger partial charge in [0.25, 0.3) is 0 Å². The zero-order valence-corrected chi connectivity index (χ0v) is 21.1. The van der Waals surface area contributed by atoms with Crippen molar-refractivity contribution in [2.75, 3.05) is 13.1 Å². The van der Waals surface area contributed by atoms with Crippen molar-refractivity contribution < 1.29 is 16.8 Å². The molecule has 0 radical (unpaired) electrons. The SMILES string of the molecule is C=CC1=C(S(=O)(=O)c2ccccc2)CCN(S(=O)(=O)c2ccc(C)cc2)C/C1=C\c1ccccc1. The minimum absolute atomic E-state index is 0.0280. The largest absolute Gasteiger partial charge is 0.243 e. The Balaban J connectivity index is 1.87. The van der Waals surface area contributed by atoms with Crippen LogP contribution in [0.25, 0.3) is 6.08 Å². The van der Waals surface area contributed by atoms with Crippen molar-refractivity contribution in [2.24, 2.45) is 0 Å². The van der Waals surface area contributed by atoms with Gasteiger partial charge in [0.1, 0.15) is 0 Å². The van der Waals surface area contributed by atoms with Crippen molar-refractivity contribution in [1.29, 1.82) is 0 Å². The van der Waals surface area contributed by atoms with E-state index in [9.17, 15) is 16.8 Å². The maximum Gasteiger partial charge on any atom is 0.243 e. The fourth-order valence-electron chi connectivity index (χ4n) is 4.10. The zero-order valence-electron chi connectivity index (χ0n) is 19.5. The van der Waals surface area contributed by atoms with E-state index in [1.807, 2.05) is 43.3 Å². The van der Waals surface area contributed by atoms with E-state index in [0.29, 0.717) is 11.1 Å². The quantitative estimate of drug-likeness (QED) is 0.451. The van der Waals surface area contributed by atoms with E-state index in [4.69, 9.17) is 0 Å². The van der Waals surface area contributed by atoms with Crippen molar-refractivity contribution in [2.45, 2.75) is 23.1 Å². The van der Waals surface area contributed by atoms with Gasteiger partial charge in [0.05, 0.1) is 14.7 Å². The van der Waals surface area contributed by atoms with E-state index in [0.717, 1.165) is 11.1 Å². The van der Waals surface area contributed by atoms with Crippen LogP contribution >= 0.6 is 0 Å². The summed E-state index contributed by atoms with van der Waals surface area (Å²) in [6, 6.07) is 24.3. The number of nitrogens with zero attached hydrogens (tertiary/aromatic N) is 1. The molecule has 4 rings (SSSR count). The molecule has 180 valence electrons. The number of allylic oxidation sites excluding steroid dienone is 1. The second kappa shape index (κ2) is 10.2. The summed E-state index contributed by atoms with van der Waals surface area (Å²) in [7, 11) is -7.72. The van der Waals surface area contributed by atoms with E-state index in [-0.39, 0.29) is 34.2 Å². The Labute approximate surface area is 207 Å². The summed E-state index contributed by atoms with van der Waals surface area (Å²) in [5, 5.41) is 0. The molecule has 0 saturated carbocycles. The fourth-order valence-corrected chi connectivity index (χ4v) is 7.18. The highest BCUT2D eigenvalue weighted by molar-refractivity contribution is 7.95. The molecule has 1 aliphatic rings. The van der Waals surface area contributed by atoms with Crippen molar-refractivity contribution in [3.8, 4) is 0 Å². The monoisotopic (exact) mass is 505 g/mol. The molecule has 0 spiro atoms. The number of sulfonamides is 1. The predicted molar refractivity (Wildman–Crippen MR) is 140 cm³/mol. The second-order valence-corrected chi connectivity index (χ2v) is 12.2. The Hall–Kier alpha value is -3.26. The van der Waals surface area contributed by atoms with Gasteiger partial charge in [0.15, 0.2) is 0 Å². The Morgan fingerprint density at radius 3 is 2.00 bits per heavy atom. The second-order valence-electron chi connectivity index (χ2n) is 8.34. The molecule has 0 N–H and O–H groups in total. The van der Waals surface area contributed by atoms with E-state index in [1.54, 1.807) is 54.6 Å². The van der Waals surface area contributed by atoms with Gasteiger partial charge in [-0.15, -0.1) is 0 Å². The van der Waals surface area contributed by atoms with Gasteiger partial charge < -0.3 is 0 Å². The zero-order chi connectivity index (χ0) is 25.1. The predicted octanol–water partition coefficient (Wildman–Crippen LogP) is 5.39. The van der Waals surface area contributed by atoms with Crippen molar-refractivity contribution in [1.82, 2.24) is 4.31 Å².